The lowest BCUT2D eigenvalue weighted by Crippen LogP contribution is -1.91. The molecule has 0 N–H and O–H groups in total. The molecule has 7 aromatic carbocycles. The lowest BCUT2D eigenvalue weighted by Gasteiger charge is -2.17. The van der Waals surface area contributed by atoms with Crippen LogP contribution in [-0.4, -0.2) is 0 Å². The highest BCUT2D eigenvalue weighted by Crippen LogP contribution is 2.42. The fourth-order valence-electron chi connectivity index (χ4n) is 5.87. The summed E-state index contributed by atoms with van der Waals surface area (Å²) >= 11 is 0. The first kappa shape index (κ1) is 20.9. The molecular weight excluding hydrogens is 432 g/mol. The van der Waals surface area contributed by atoms with Gasteiger partial charge in [0, 0.05) is 0 Å². The Kier molecular flexibility index (Phi) is 4.69. The smallest absolute Gasteiger partial charge is 0.00926 e. The van der Waals surface area contributed by atoms with Gasteiger partial charge in [-0.2, -0.15) is 0 Å². The normalized spacial score (nSPS) is 11.6. The van der Waals surface area contributed by atoms with Crippen LogP contribution in [0.15, 0.2) is 121 Å². The van der Waals surface area contributed by atoms with Crippen molar-refractivity contribution < 1.29 is 0 Å². The summed E-state index contributed by atoms with van der Waals surface area (Å²) in [5.74, 6) is 0. The molecular formula is C36H26. The molecule has 0 fully saturated rings. The molecule has 0 aliphatic carbocycles. The van der Waals surface area contributed by atoms with E-state index in [0.29, 0.717) is 0 Å². The summed E-state index contributed by atoms with van der Waals surface area (Å²) < 4.78 is 0. The summed E-state index contributed by atoms with van der Waals surface area (Å²) in [4.78, 5) is 0. The maximum Gasteiger partial charge on any atom is -0.00926 e. The van der Waals surface area contributed by atoms with Crippen molar-refractivity contribution in [1.29, 1.82) is 0 Å². The van der Waals surface area contributed by atoms with E-state index in [0.717, 1.165) is 0 Å². The number of hydrogen-bond donors (Lipinski definition) is 0. The Bertz CT molecular complexity index is 1810. The fraction of sp³-hybridized carbons (Fsp3) is 0.0556. The van der Waals surface area contributed by atoms with Gasteiger partial charge in [-0.05, 0) is 102 Å². The first-order valence-corrected chi connectivity index (χ1v) is 12.6. The summed E-state index contributed by atoms with van der Waals surface area (Å²) in [6.45, 7) is 4.39. The van der Waals surface area contributed by atoms with Crippen molar-refractivity contribution in [3.8, 4) is 22.3 Å². The highest BCUT2D eigenvalue weighted by atomic mass is 14.2. The molecule has 0 heterocycles. The molecule has 7 aromatic rings. The quantitative estimate of drug-likeness (QED) is 0.226. The standard InChI is InChI=1S/C36H26/c1-23-17-27-11-5-7-13-29(27)33(19-23)31-15-16-32(34-20-24(2)18-28-12-6-8-14-30(28)34)36-22-26-10-4-3-9-25(26)21-35(31)36/h3-22H,1-2H3. The molecule has 0 aromatic heterocycles. The molecule has 0 amide bonds. The molecule has 0 aliphatic heterocycles. The summed E-state index contributed by atoms with van der Waals surface area (Å²) in [5, 5.41) is 10.3. The SMILES string of the molecule is Cc1cc(-c2ccc(-c3cc(C)cc4ccccc34)c3cc4ccccc4cc23)c2ccccc2c1. The van der Waals surface area contributed by atoms with Gasteiger partial charge < -0.3 is 0 Å². The molecule has 170 valence electrons. The Morgan fingerprint density at radius 2 is 0.694 bits per heavy atom. The summed E-state index contributed by atoms with van der Waals surface area (Å²) in [6.07, 6.45) is 0. The van der Waals surface area contributed by atoms with Crippen LogP contribution in [0.25, 0.3) is 65.3 Å². The van der Waals surface area contributed by atoms with E-state index in [9.17, 15) is 0 Å². The van der Waals surface area contributed by atoms with Crippen molar-refractivity contribution in [2.45, 2.75) is 13.8 Å². The van der Waals surface area contributed by atoms with Crippen molar-refractivity contribution in [2.24, 2.45) is 0 Å². The largest absolute Gasteiger partial charge is 0.0616 e. The van der Waals surface area contributed by atoms with Crippen molar-refractivity contribution in [3.63, 3.8) is 0 Å². The van der Waals surface area contributed by atoms with Crippen LogP contribution in [0.5, 0.6) is 0 Å². The van der Waals surface area contributed by atoms with Crippen LogP contribution in [0.1, 0.15) is 11.1 Å². The first-order valence-electron chi connectivity index (χ1n) is 12.6. The molecule has 36 heavy (non-hydrogen) atoms. The first-order chi connectivity index (χ1) is 17.7. The lowest BCUT2D eigenvalue weighted by molar-refractivity contribution is 1.50. The Morgan fingerprint density at radius 1 is 0.306 bits per heavy atom. The van der Waals surface area contributed by atoms with E-state index in [2.05, 4.69) is 135 Å². The van der Waals surface area contributed by atoms with Crippen LogP contribution in [0.4, 0.5) is 0 Å². The van der Waals surface area contributed by atoms with E-state index in [1.165, 1.54) is 76.5 Å². The summed E-state index contributed by atoms with van der Waals surface area (Å²) in [6, 6.07) is 44.9. The number of rotatable bonds is 2. The van der Waals surface area contributed by atoms with Crippen molar-refractivity contribution in [2.75, 3.05) is 0 Å². The highest BCUT2D eigenvalue weighted by Gasteiger charge is 2.15. The number of fused-ring (bicyclic) bond motifs is 4. The third kappa shape index (κ3) is 3.30. The van der Waals surface area contributed by atoms with Gasteiger partial charge in [-0.25, -0.2) is 0 Å². The maximum atomic E-state index is 2.39. The second-order valence-corrected chi connectivity index (χ2v) is 9.97. The van der Waals surface area contributed by atoms with Gasteiger partial charge in [0.15, 0.2) is 0 Å². The predicted octanol–water partition coefficient (Wildman–Crippen LogP) is 10.3. The topological polar surface area (TPSA) is 0 Å². The molecule has 7 rings (SSSR count). The molecule has 0 aliphatic rings. The molecule has 0 heteroatoms. The average molecular weight is 459 g/mol. The minimum absolute atomic E-state index is 1.27. The van der Waals surface area contributed by atoms with Crippen molar-refractivity contribution in [3.05, 3.63) is 132 Å². The zero-order valence-corrected chi connectivity index (χ0v) is 20.5. The third-order valence-corrected chi connectivity index (χ3v) is 7.48. The summed E-state index contributed by atoms with van der Waals surface area (Å²) in [5.41, 5.74) is 7.74. The molecule has 0 radical (unpaired) electrons. The second kappa shape index (κ2) is 8.07. The van der Waals surface area contributed by atoms with Gasteiger partial charge in [0.05, 0.1) is 0 Å². The summed E-state index contributed by atoms with van der Waals surface area (Å²) in [7, 11) is 0. The molecule has 0 nitrogen and oxygen atoms in total. The van der Waals surface area contributed by atoms with Crippen molar-refractivity contribution >= 4 is 43.1 Å². The maximum absolute atomic E-state index is 2.39. The highest BCUT2D eigenvalue weighted by molar-refractivity contribution is 6.15. The minimum atomic E-state index is 1.27. The minimum Gasteiger partial charge on any atom is -0.0616 e. The van der Waals surface area contributed by atoms with Crippen LogP contribution in [0, 0.1) is 13.8 Å². The monoisotopic (exact) mass is 458 g/mol. The zero-order valence-electron chi connectivity index (χ0n) is 20.5. The number of benzene rings is 7. The van der Waals surface area contributed by atoms with Gasteiger partial charge in [0.2, 0.25) is 0 Å². The molecule has 0 saturated heterocycles. The van der Waals surface area contributed by atoms with E-state index in [1.54, 1.807) is 0 Å². The van der Waals surface area contributed by atoms with Crippen LogP contribution in [0.3, 0.4) is 0 Å². The van der Waals surface area contributed by atoms with Crippen LogP contribution in [-0.2, 0) is 0 Å². The Labute approximate surface area is 211 Å². The number of aryl methyl sites for hydroxylation is 2. The Morgan fingerprint density at radius 3 is 1.14 bits per heavy atom. The molecule has 0 unspecified atom stereocenters. The third-order valence-electron chi connectivity index (χ3n) is 7.48. The van der Waals surface area contributed by atoms with E-state index in [4.69, 9.17) is 0 Å². The van der Waals surface area contributed by atoms with Gasteiger partial charge in [0.25, 0.3) is 0 Å². The van der Waals surface area contributed by atoms with Gasteiger partial charge >= 0.3 is 0 Å². The number of hydrogen-bond acceptors (Lipinski definition) is 0. The molecule has 0 saturated carbocycles. The van der Waals surface area contributed by atoms with Crippen molar-refractivity contribution in [1.82, 2.24) is 0 Å². The predicted molar refractivity (Wildman–Crippen MR) is 157 cm³/mol. The average Bonchev–Trinajstić information content (AvgIpc) is 2.90. The van der Waals surface area contributed by atoms with E-state index in [-0.39, 0.29) is 0 Å². The molecule has 0 spiro atoms. The van der Waals surface area contributed by atoms with Gasteiger partial charge in [-0.3, -0.25) is 0 Å². The zero-order chi connectivity index (χ0) is 24.2. The Balaban J connectivity index is 1.63. The Hall–Kier alpha value is -4.42. The van der Waals surface area contributed by atoms with Crippen LogP contribution >= 0.6 is 0 Å². The lowest BCUT2D eigenvalue weighted by atomic mass is 9.86. The van der Waals surface area contributed by atoms with E-state index in [1.807, 2.05) is 0 Å². The second-order valence-electron chi connectivity index (χ2n) is 9.97. The molecule has 0 atom stereocenters. The van der Waals surface area contributed by atoms with Gasteiger partial charge in [0.1, 0.15) is 0 Å². The molecule has 0 bridgehead atoms. The van der Waals surface area contributed by atoms with Gasteiger partial charge in [-0.1, -0.05) is 109 Å². The van der Waals surface area contributed by atoms with E-state index < -0.39 is 0 Å². The van der Waals surface area contributed by atoms with Gasteiger partial charge in [-0.15, -0.1) is 0 Å². The van der Waals surface area contributed by atoms with E-state index >= 15 is 0 Å². The van der Waals surface area contributed by atoms with Crippen LogP contribution in [0.2, 0.25) is 0 Å². The van der Waals surface area contributed by atoms with Crippen LogP contribution < -0.4 is 0 Å². The fourth-order valence-corrected chi connectivity index (χ4v) is 5.87.